The Morgan fingerprint density at radius 1 is 0.326 bits per heavy atom. The second-order valence-electron chi connectivity index (χ2n) is 30.6. The van der Waals surface area contributed by atoms with Crippen LogP contribution in [0.2, 0.25) is 0 Å². The quantitative estimate of drug-likeness (QED) is 0.0128. The van der Waals surface area contributed by atoms with Crippen LogP contribution in [0.5, 0.6) is 34.5 Å². The maximum Gasteiger partial charge on any atom is 0.347 e. The molecule has 12 N–H and O–H groups in total. The first-order chi connectivity index (χ1) is 65.4. The van der Waals surface area contributed by atoms with E-state index in [0.717, 1.165) is 63.3 Å². The molecule has 38 nitrogen and oxygen atoms in total. The first-order valence-electron chi connectivity index (χ1n) is 41.7. The maximum atomic E-state index is 12.6. The number of aliphatic hydroxyl groups excluding tert-OH is 2. The lowest BCUT2D eigenvalue weighted by atomic mass is 10.1. The van der Waals surface area contributed by atoms with E-state index in [4.69, 9.17) is 53.6 Å². The van der Waals surface area contributed by atoms with E-state index in [2.05, 4.69) is 75.7 Å². The number of aliphatic hydroxyl groups is 2. The predicted octanol–water partition coefficient (Wildman–Crippen LogP) is 18.2. The number of aromatic carboxylic acids is 4. The summed E-state index contributed by atoms with van der Waals surface area (Å²) >= 11 is 6.15. The van der Waals surface area contributed by atoms with E-state index in [-0.39, 0.29) is 131 Å². The molecule has 0 spiro atoms. The number of hydrogen-bond acceptors (Lipinski definition) is 34. The zero-order chi connectivity index (χ0) is 102. The molecular formula is C94H100N12O26S6. The van der Waals surface area contributed by atoms with Gasteiger partial charge in [-0.3, -0.25) is 75.1 Å². The molecule has 0 aliphatic heterocycles. The Labute approximate surface area is 815 Å². The van der Waals surface area contributed by atoms with E-state index in [1.807, 2.05) is 101 Å². The number of thiazole rings is 6. The minimum atomic E-state index is -1.11. The van der Waals surface area contributed by atoms with Crippen LogP contribution < -0.4 is 60.3 Å². The molecule has 44 heteroatoms. The van der Waals surface area contributed by atoms with E-state index < -0.39 is 41.6 Å². The number of anilines is 6. The molecule has 138 heavy (non-hydrogen) atoms. The number of carboxylic acid groups (broad SMARTS) is 4. The summed E-state index contributed by atoms with van der Waals surface area (Å²) < 4.78 is 38.5. The van der Waals surface area contributed by atoms with Gasteiger partial charge in [0.1, 0.15) is 73.2 Å². The number of benzene rings is 6. The van der Waals surface area contributed by atoms with Crippen LogP contribution in [0, 0.1) is 5.92 Å². The Kier molecular flexibility index (Phi) is 43.5. The minimum absolute atomic E-state index is 0.00110. The lowest BCUT2D eigenvalue weighted by molar-refractivity contribution is -0.142. The van der Waals surface area contributed by atoms with Crippen molar-refractivity contribution in [2.24, 2.45) is 5.92 Å². The second-order valence-corrected chi connectivity index (χ2v) is 36.6. The van der Waals surface area contributed by atoms with Crippen molar-refractivity contribution in [1.82, 2.24) is 29.9 Å². The molecule has 12 rings (SSSR count). The molecule has 0 saturated carbocycles. The first kappa shape index (κ1) is 110. The predicted molar refractivity (Wildman–Crippen MR) is 523 cm³/mol. The van der Waals surface area contributed by atoms with Crippen molar-refractivity contribution in [3.05, 3.63) is 249 Å². The van der Waals surface area contributed by atoms with Gasteiger partial charge in [0.05, 0.1) is 74.6 Å². The average molecular weight is 2010 g/mol. The van der Waals surface area contributed by atoms with Crippen molar-refractivity contribution in [3.8, 4) is 34.5 Å². The number of aromatic nitrogens is 6. The summed E-state index contributed by atoms with van der Waals surface area (Å²) in [4.78, 5) is 174. The second kappa shape index (κ2) is 54.6. The molecule has 6 aromatic carbocycles. The van der Waals surface area contributed by atoms with E-state index in [0.29, 0.717) is 113 Å². The van der Waals surface area contributed by atoms with Crippen LogP contribution in [-0.4, -0.2) is 175 Å². The molecule has 0 bridgehead atoms. The van der Waals surface area contributed by atoms with Crippen LogP contribution in [0.4, 0.5) is 30.8 Å². The first-order valence-corrected chi connectivity index (χ1v) is 46.7. The Balaban J connectivity index is 0.000000226. The summed E-state index contributed by atoms with van der Waals surface area (Å²) in [5.74, 6) is -3.81. The summed E-state index contributed by atoms with van der Waals surface area (Å²) in [6.07, 6.45) is 12.9. The fourth-order valence-corrected chi connectivity index (χ4v) is 14.6. The van der Waals surface area contributed by atoms with E-state index >= 15 is 0 Å². The van der Waals surface area contributed by atoms with Gasteiger partial charge in [0.25, 0.3) is 35.4 Å². The molecule has 0 saturated heterocycles. The third-order valence-corrected chi connectivity index (χ3v) is 21.3. The highest BCUT2D eigenvalue weighted by molar-refractivity contribution is 7.18. The Hall–Kier alpha value is -14.9. The van der Waals surface area contributed by atoms with Crippen LogP contribution in [-0.2, 0) is 29.4 Å². The smallest absolute Gasteiger partial charge is 0.347 e. The van der Waals surface area contributed by atoms with Crippen LogP contribution in [0.3, 0.4) is 0 Å². The topological polar surface area (TPSA) is 557 Å². The summed E-state index contributed by atoms with van der Waals surface area (Å²) in [6, 6.07) is 29.1. The molecule has 0 radical (unpaired) electrons. The van der Waals surface area contributed by atoms with Gasteiger partial charge in [-0.25, -0.2) is 49.1 Å². The summed E-state index contributed by atoms with van der Waals surface area (Å²) in [6.45, 7) is 27.7. The third kappa shape index (κ3) is 38.4. The number of aldehydes is 2. The number of rotatable bonds is 36. The molecule has 6 heterocycles. The number of carbonyl (C=O) groups excluding carboxylic acids is 9. The van der Waals surface area contributed by atoms with Gasteiger partial charge in [0.2, 0.25) is 0 Å². The van der Waals surface area contributed by atoms with E-state index in [1.54, 1.807) is 83.8 Å². The third-order valence-electron chi connectivity index (χ3n) is 16.3. The highest BCUT2D eigenvalue weighted by Crippen LogP contribution is 2.31. The number of carbonyl (C=O) groups is 13. The van der Waals surface area contributed by atoms with Gasteiger partial charge in [-0.2, -0.15) is 0 Å². The molecule has 728 valence electrons. The summed E-state index contributed by atoms with van der Waals surface area (Å²) in [5, 5.41) is 75.0. The lowest BCUT2D eigenvalue weighted by Crippen LogP contribution is -2.13. The Morgan fingerprint density at radius 3 is 0.804 bits per heavy atom. The number of amides is 6. The average Bonchev–Trinajstić information content (AvgIpc) is 1.34. The molecule has 0 aliphatic carbocycles. The Bertz CT molecular complexity index is 6110. The van der Waals surface area contributed by atoms with Gasteiger partial charge in [-0.15, -0.1) is 22.7 Å². The monoisotopic (exact) mass is 2000 g/mol. The lowest BCUT2D eigenvalue weighted by Gasteiger charge is -2.13. The van der Waals surface area contributed by atoms with E-state index in [9.17, 15) is 72.5 Å². The normalized spacial score (nSPS) is 10.6. The zero-order valence-corrected chi connectivity index (χ0v) is 81.9. The highest BCUT2D eigenvalue weighted by atomic mass is 32.1. The fraction of sp³-hybridized carbons (Fsp3) is 0.266. The van der Waals surface area contributed by atoms with Crippen molar-refractivity contribution in [1.29, 1.82) is 0 Å². The molecular weight excluding hydrogens is 1910 g/mol. The molecule has 12 aromatic rings. The van der Waals surface area contributed by atoms with Crippen molar-refractivity contribution in [2.75, 3.05) is 31.9 Å². The van der Waals surface area contributed by atoms with Crippen LogP contribution in [0.15, 0.2) is 163 Å². The van der Waals surface area contributed by atoms with Gasteiger partial charge in [-0.05, 0) is 220 Å². The standard InChI is InChI=1S/C19H22N2O4S.C16H18N2O4S.C15H16N2O5S.2C15H14N2O5S.C14H16N2O3S/c1-11(2)5-6-13-7-14(9-15(8-13)25-12(3)4)17(22)21-19-20-10-16(26-19)18(23)24;1-10(2)22-14-7-12(9-21-11(3)19)6-13(8-14)15(20)18-16-17-4-5-23-16;3*1-8(2)22-11-4-9(7-18)3-10(5-11)13(19)17-15-16-6-12(23-15)14(20)21;1-9(2)19-12-6-10(8-17)5-11(7-12)13(18)16-14-15-3-4-20-14/h5-12H,1-4H3,(H,23,24)(H,20,21,22);4-8,10H,9H2,1-3H3,(H,17,18,20);3-6,8,18H,7H2,1-2H3,(H,20,21)(H,16,17,19);2*3-8H,1-2H3,(H,20,21)(H,16,17,19);3-7,9,17H,8H2,1-2H3,(H,15,16,18)/b6-5-;;;;;. The molecule has 0 fully saturated rings. The molecule has 6 aromatic heterocycles. The van der Waals surface area contributed by atoms with Crippen molar-refractivity contribution >= 4 is 183 Å². The maximum absolute atomic E-state index is 12.6. The summed E-state index contributed by atoms with van der Waals surface area (Å²) in [7, 11) is 0. The zero-order valence-electron chi connectivity index (χ0n) is 77.0. The number of carboxylic acids is 4. The number of nitrogens with zero attached hydrogens (tertiary/aromatic N) is 6. The van der Waals surface area contributed by atoms with Crippen LogP contribution in [0.1, 0.15) is 248 Å². The number of ether oxygens (including phenoxy) is 7. The van der Waals surface area contributed by atoms with Gasteiger partial charge >= 0.3 is 29.8 Å². The van der Waals surface area contributed by atoms with Gasteiger partial charge < -0.3 is 63.8 Å². The number of esters is 1. The SMILES string of the molecule is CC(=O)OCc1cc(OC(C)C)cc(C(=O)Nc2nccs2)c1.CC(C)/C=C\c1cc(OC(C)C)cc(C(=O)Nc2ncc(C(=O)O)s2)c1.CC(C)Oc1cc(C=O)cc(C(=O)Nc2ncc(C(=O)O)s2)c1.CC(C)Oc1cc(C=O)cc(C(=O)Nc2ncc(C(=O)O)s2)c1.CC(C)Oc1cc(CO)cc(C(=O)Nc2ncc(C(=O)O)s2)c1.CC(C)Oc1cc(CO)cc(C(=O)Nc2nccs2)c1. The molecule has 0 unspecified atom stereocenters. The van der Waals surface area contributed by atoms with Gasteiger partial charge in [0.15, 0.2) is 30.8 Å². The van der Waals surface area contributed by atoms with Crippen molar-refractivity contribution < 1.29 is 126 Å². The molecule has 6 amide bonds. The van der Waals surface area contributed by atoms with Crippen molar-refractivity contribution in [2.45, 2.75) is 160 Å². The largest absolute Gasteiger partial charge is 0.491 e. The number of allylic oxidation sites excluding steroid dienone is 1. The number of hydrogen-bond donors (Lipinski definition) is 12. The van der Waals surface area contributed by atoms with Crippen LogP contribution in [0.25, 0.3) is 6.08 Å². The minimum Gasteiger partial charge on any atom is -0.491 e. The van der Waals surface area contributed by atoms with Crippen molar-refractivity contribution in [3.63, 3.8) is 0 Å². The fourth-order valence-electron chi connectivity index (χ4n) is 11.0. The molecule has 0 aliphatic rings. The van der Waals surface area contributed by atoms with E-state index in [1.165, 1.54) is 84.5 Å². The van der Waals surface area contributed by atoms with Gasteiger partial charge in [-0.1, -0.05) is 71.3 Å². The van der Waals surface area contributed by atoms with Gasteiger partial charge in [0, 0.05) is 74.6 Å². The number of nitrogens with one attached hydrogen (secondary N) is 6. The highest BCUT2D eigenvalue weighted by Gasteiger charge is 2.23. The van der Waals surface area contributed by atoms with Crippen LogP contribution >= 0.6 is 68.0 Å². The molecule has 0 atom stereocenters. The Morgan fingerprint density at radius 2 is 0.572 bits per heavy atom. The summed E-state index contributed by atoms with van der Waals surface area (Å²) in [5.41, 5.74) is 5.31.